The maximum Gasteiger partial charge on any atom is 0.174 e. The molecular weight excluding hydrogens is 817 g/mol. The second-order valence-electron chi connectivity index (χ2n) is 17.4. The van der Waals surface area contributed by atoms with Crippen LogP contribution in [-0.4, -0.2) is 75.0 Å². The summed E-state index contributed by atoms with van der Waals surface area (Å²) in [5.74, 6) is 4.41. The van der Waals surface area contributed by atoms with Crippen molar-refractivity contribution < 1.29 is 38.4 Å². The third kappa shape index (κ3) is 9.25. The number of carbonyl (C=O) groups is 2. The van der Waals surface area contributed by atoms with Crippen molar-refractivity contribution in [2.24, 2.45) is 0 Å². The quantitative estimate of drug-likeness (QED) is 0.0726. The van der Waals surface area contributed by atoms with Gasteiger partial charge in [-0.2, -0.15) is 0 Å². The molecule has 10 nitrogen and oxygen atoms in total. The topological polar surface area (TPSA) is 107 Å². The van der Waals surface area contributed by atoms with Crippen LogP contribution >= 0.6 is 0 Å². The fourth-order valence-electron chi connectivity index (χ4n) is 9.65. The lowest BCUT2D eigenvalue weighted by atomic mass is 9.86. The van der Waals surface area contributed by atoms with Crippen LogP contribution in [0, 0.1) is 0 Å². The zero-order valence-corrected chi connectivity index (χ0v) is 37.6. The minimum atomic E-state index is -0.188. The molecular formula is C55H56N2O8. The molecule has 0 unspecified atom stereocenters. The molecule has 6 bridgehead atoms. The number of carbonyl (C=O) groups excluding carboxylic acids is 2. The molecule has 334 valence electrons. The highest BCUT2D eigenvalue weighted by atomic mass is 16.5. The number of benzene rings is 6. The van der Waals surface area contributed by atoms with Gasteiger partial charge in [-0.25, -0.2) is 0 Å². The van der Waals surface area contributed by atoms with Crippen LogP contribution in [0.4, 0.5) is 0 Å². The van der Waals surface area contributed by atoms with Crippen LogP contribution in [0.25, 0.3) is 11.1 Å². The van der Waals surface area contributed by atoms with Crippen LogP contribution in [-0.2, 0) is 32.3 Å². The Morgan fingerprint density at radius 1 is 0.738 bits per heavy atom. The predicted molar refractivity (Wildman–Crippen MR) is 251 cm³/mol. The number of unbranched alkanes of at least 4 members (excludes halogenated alkanes) is 1. The minimum Gasteiger partial charge on any atom is -0.493 e. The number of nitrogens with zero attached hydrogens (tertiary/aromatic N) is 2. The third-order valence-corrected chi connectivity index (χ3v) is 13.3. The molecule has 6 aromatic rings. The average Bonchev–Trinajstić information content (AvgIpc) is 3.33. The molecule has 0 saturated carbocycles. The lowest BCUT2D eigenvalue weighted by Gasteiger charge is -2.37. The molecule has 65 heavy (non-hydrogen) atoms. The predicted octanol–water partition coefficient (Wildman–Crippen LogP) is 10.5. The molecule has 0 spiro atoms. The smallest absolute Gasteiger partial charge is 0.174 e. The van der Waals surface area contributed by atoms with Gasteiger partial charge in [-0.15, -0.1) is 0 Å². The number of fused-ring (bicyclic) bond motifs is 2. The zero-order valence-electron chi connectivity index (χ0n) is 37.6. The highest BCUT2D eigenvalue weighted by Gasteiger charge is 2.34. The number of rotatable bonds is 12. The van der Waals surface area contributed by atoms with Crippen LogP contribution in [0.5, 0.6) is 40.2 Å². The van der Waals surface area contributed by atoms with E-state index in [9.17, 15) is 14.7 Å². The molecule has 1 N–H and O–H groups in total. The van der Waals surface area contributed by atoms with Gasteiger partial charge >= 0.3 is 0 Å². The van der Waals surface area contributed by atoms with E-state index in [4.69, 9.17) is 23.7 Å². The highest BCUT2D eigenvalue weighted by molar-refractivity contribution is 5.97. The van der Waals surface area contributed by atoms with Gasteiger partial charge in [0, 0.05) is 53.8 Å². The van der Waals surface area contributed by atoms with E-state index in [2.05, 4.69) is 66.4 Å². The van der Waals surface area contributed by atoms with Gasteiger partial charge in [0.2, 0.25) is 0 Å². The van der Waals surface area contributed by atoms with Gasteiger partial charge in [0.1, 0.15) is 12.0 Å². The maximum atomic E-state index is 13.3. The number of methoxy groups -OCH3 is 2. The second kappa shape index (κ2) is 19.3. The SMILES string of the molecule is COc1cc2c3cc1Oc1c(OC)c(CO)cc4c1[C@@H](Cc1ccc(OCCCCC(=O)c5cccc(-c6ccc(C=O)cc6)c5)c(c1)Oc1ccc(cc1)C[C@@H]3N(C)CC2)N(C)CC4. The van der Waals surface area contributed by atoms with Gasteiger partial charge in [-0.1, -0.05) is 60.7 Å². The Hall–Kier alpha value is -6.46. The fourth-order valence-corrected chi connectivity index (χ4v) is 9.65. The number of ketones is 1. The van der Waals surface area contributed by atoms with E-state index in [0.717, 1.165) is 66.5 Å². The molecule has 0 saturated heterocycles. The lowest BCUT2D eigenvalue weighted by molar-refractivity contribution is 0.0977. The first-order chi connectivity index (χ1) is 31.7. The monoisotopic (exact) mass is 872 g/mol. The van der Waals surface area contributed by atoms with Crippen molar-refractivity contribution in [3.8, 4) is 51.4 Å². The largest absolute Gasteiger partial charge is 0.493 e. The minimum absolute atomic E-state index is 0.0787. The molecule has 0 amide bonds. The Balaban J connectivity index is 1.01. The van der Waals surface area contributed by atoms with Crippen molar-refractivity contribution in [3.05, 3.63) is 159 Å². The van der Waals surface area contributed by atoms with Gasteiger partial charge in [-0.3, -0.25) is 19.4 Å². The molecule has 2 atom stereocenters. The van der Waals surface area contributed by atoms with E-state index >= 15 is 0 Å². The summed E-state index contributed by atoms with van der Waals surface area (Å²) in [6.07, 6.45) is 5.68. The van der Waals surface area contributed by atoms with Crippen LogP contribution in [0.2, 0.25) is 0 Å². The number of ether oxygens (including phenoxy) is 5. The number of aliphatic hydroxyl groups excluding tert-OH is 1. The van der Waals surface area contributed by atoms with Crippen molar-refractivity contribution in [2.45, 2.75) is 63.6 Å². The van der Waals surface area contributed by atoms with Crippen molar-refractivity contribution in [3.63, 3.8) is 0 Å². The van der Waals surface area contributed by atoms with Crippen molar-refractivity contribution in [1.29, 1.82) is 0 Å². The van der Waals surface area contributed by atoms with Gasteiger partial charge in [0.25, 0.3) is 0 Å². The summed E-state index contributed by atoms with van der Waals surface area (Å²) in [5.41, 5.74) is 10.7. The fraction of sp³-hybridized carbons (Fsp3) is 0.309. The van der Waals surface area contributed by atoms with E-state index < -0.39 is 0 Å². The van der Waals surface area contributed by atoms with Crippen molar-refractivity contribution >= 4 is 12.1 Å². The third-order valence-electron chi connectivity index (χ3n) is 13.3. The first-order valence-corrected chi connectivity index (χ1v) is 22.6. The summed E-state index contributed by atoms with van der Waals surface area (Å²) in [6, 6.07) is 35.8. The zero-order chi connectivity index (χ0) is 45.0. The summed E-state index contributed by atoms with van der Waals surface area (Å²) >= 11 is 0. The van der Waals surface area contributed by atoms with Gasteiger partial charge in [0.15, 0.2) is 40.3 Å². The number of aldehydes is 1. The summed E-state index contributed by atoms with van der Waals surface area (Å²) in [5, 5.41) is 10.6. The molecule has 10 rings (SSSR count). The standard InChI is InChI=1S/C55H56N2O8/c1-56-23-21-40-31-50(61-3)52-32-45(40)46(56)26-35-13-18-44(19-14-35)64-51-28-37(27-47-53-42(22-24-57(47)2)30-43(34-59)54(62-4)55(53)65-52)15-20-49(51)63-25-6-5-10-48(60)41-9-7-8-39(29-41)38-16-11-36(33-58)12-17-38/h7-9,11-20,28-33,46-47,59H,5-6,10,21-27,34H2,1-4H3/t46-,47+/m0/s1. The number of hydrogen-bond donors (Lipinski definition) is 1. The van der Waals surface area contributed by atoms with Gasteiger partial charge < -0.3 is 28.8 Å². The van der Waals surface area contributed by atoms with E-state index in [0.29, 0.717) is 89.2 Å². The Morgan fingerprint density at radius 2 is 1.48 bits per heavy atom. The highest BCUT2D eigenvalue weighted by Crippen LogP contribution is 2.50. The normalized spacial score (nSPS) is 16.9. The second-order valence-corrected chi connectivity index (χ2v) is 17.4. The van der Waals surface area contributed by atoms with Crippen LogP contribution in [0.3, 0.4) is 0 Å². The van der Waals surface area contributed by atoms with Crippen molar-refractivity contribution in [1.82, 2.24) is 9.80 Å². The average molecular weight is 873 g/mol. The van der Waals surface area contributed by atoms with E-state index in [1.807, 2.05) is 54.6 Å². The molecule has 10 heteroatoms. The van der Waals surface area contributed by atoms with E-state index in [-0.39, 0.29) is 24.5 Å². The van der Waals surface area contributed by atoms with Gasteiger partial charge in [0.05, 0.1) is 27.4 Å². The Kier molecular flexibility index (Phi) is 13.0. The van der Waals surface area contributed by atoms with Crippen LogP contribution in [0.1, 0.15) is 91.0 Å². The van der Waals surface area contributed by atoms with E-state index in [1.54, 1.807) is 26.4 Å². The number of Topliss-reactive ketones (excluding diaryl/α,β-unsaturated/α-hetero) is 1. The first-order valence-electron chi connectivity index (χ1n) is 22.6. The van der Waals surface area contributed by atoms with Crippen LogP contribution < -0.4 is 23.7 Å². The van der Waals surface area contributed by atoms with Crippen LogP contribution in [0.15, 0.2) is 109 Å². The summed E-state index contributed by atoms with van der Waals surface area (Å²) in [4.78, 5) is 29.2. The molecule has 0 fully saturated rings. The first kappa shape index (κ1) is 43.8. The molecule has 4 aliphatic heterocycles. The van der Waals surface area contributed by atoms with Crippen molar-refractivity contribution in [2.75, 3.05) is 48.0 Å². The summed E-state index contributed by atoms with van der Waals surface area (Å²) < 4.78 is 32.3. The lowest BCUT2D eigenvalue weighted by Crippen LogP contribution is -2.34. The Bertz CT molecular complexity index is 2700. The number of hydrogen-bond acceptors (Lipinski definition) is 10. The molecule has 0 aliphatic carbocycles. The molecule has 4 heterocycles. The summed E-state index contributed by atoms with van der Waals surface area (Å²) in [7, 11) is 7.63. The molecule has 6 aromatic carbocycles. The molecule has 0 radical (unpaired) electrons. The van der Waals surface area contributed by atoms with E-state index in [1.165, 1.54) is 16.7 Å². The Morgan fingerprint density at radius 3 is 2.23 bits per heavy atom. The number of likely N-dealkylation sites (N-methyl/N-ethyl adjacent to an activating group) is 2. The Labute approximate surface area is 381 Å². The van der Waals surface area contributed by atoms with Gasteiger partial charge in [-0.05, 0) is 140 Å². The maximum absolute atomic E-state index is 13.3. The molecule has 4 aliphatic rings. The number of aliphatic hydroxyl groups is 1. The summed E-state index contributed by atoms with van der Waals surface area (Å²) in [6.45, 7) is 1.97. The molecule has 0 aromatic heterocycles.